The molecule has 0 bridgehead atoms. The topological polar surface area (TPSA) is 121 Å². The van der Waals surface area contributed by atoms with Gasteiger partial charge in [0.1, 0.15) is 29.7 Å². The smallest absolute Gasteiger partial charge is 0.247 e. The number of aromatic nitrogens is 2. The summed E-state index contributed by atoms with van der Waals surface area (Å²) >= 11 is 4.59. The SMILES string of the molecule is Cc1ccccc1OCCOCCOc1ccc(Br)cc1/C=N\NC(=O)Cc1nnc(N)s1. The number of hydrogen-bond donors (Lipinski definition) is 2. The lowest BCUT2D eigenvalue weighted by atomic mass is 10.2. The molecule has 0 fully saturated rings. The van der Waals surface area contributed by atoms with E-state index in [1.807, 2.05) is 49.4 Å². The van der Waals surface area contributed by atoms with Crippen LogP contribution in [0.2, 0.25) is 0 Å². The summed E-state index contributed by atoms with van der Waals surface area (Å²) in [6.07, 6.45) is 1.57. The van der Waals surface area contributed by atoms with Crippen molar-refractivity contribution in [2.45, 2.75) is 13.3 Å². The first kappa shape index (κ1) is 24.6. The van der Waals surface area contributed by atoms with Gasteiger partial charge in [0.25, 0.3) is 0 Å². The molecule has 0 aliphatic rings. The van der Waals surface area contributed by atoms with Crippen molar-refractivity contribution >= 4 is 44.5 Å². The van der Waals surface area contributed by atoms with E-state index in [-0.39, 0.29) is 12.3 Å². The van der Waals surface area contributed by atoms with Crippen LogP contribution in [0.4, 0.5) is 5.13 Å². The molecule has 11 heteroatoms. The van der Waals surface area contributed by atoms with Crippen molar-refractivity contribution in [3.8, 4) is 11.5 Å². The summed E-state index contributed by atoms with van der Waals surface area (Å²) in [5.74, 6) is 1.16. The fourth-order valence-electron chi connectivity index (χ4n) is 2.68. The molecule has 0 unspecified atom stereocenters. The van der Waals surface area contributed by atoms with Gasteiger partial charge in [0, 0.05) is 10.0 Å². The van der Waals surface area contributed by atoms with Crippen molar-refractivity contribution in [1.82, 2.24) is 15.6 Å². The Kier molecular flexibility index (Phi) is 9.60. The second-order valence-electron chi connectivity index (χ2n) is 6.76. The van der Waals surface area contributed by atoms with Gasteiger partial charge in [-0.15, -0.1) is 10.2 Å². The Morgan fingerprint density at radius 3 is 2.61 bits per heavy atom. The summed E-state index contributed by atoms with van der Waals surface area (Å²) < 4.78 is 18.0. The lowest BCUT2D eigenvalue weighted by molar-refractivity contribution is -0.120. The van der Waals surface area contributed by atoms with E-state index in [9.17, 15) is 4.79 Å². The van der Waals surface area contributed by atoms with Crippen LogP contribution in [-0.2, 0) is 16.0 Å². The maximum Gasteiger partial charge on any atom is 0.247 e. The molecule has 1 heterocycles. The van der Waals surface area contributed by atoms with Crippen molar-refractivity contribution in [1.29, 1.82) is 0 Å². The largest absolute Gasteiger partial charge is 0.491 e. The molecule has 33 heavy (non-hydrogen) atoms. The van der Waals surface area contributed by atoms with E-state index in [0.717, 1.165) is 27.1 Å². The third kappa shape index (κ3) is 8.44. The molecule has 3 rings (SSSR count). The molecule has 0 atom stereocenters. The van der Waals surface area contributed by atoms with E-state index in [2.05, 4.69) is 36.7 Å². The summed E-state index contributed by atoms with van der Waals surface area (Å²) in [6.45, 7) is 3.69. The number of carbonyl (C=O) groups is 1. The third-order valence-electron chi connectivity index (χ3n) is 4.22. The lowest BCUT2D eigenvalue weighted by Gasteiger charge is -2.11. The summed E-state index contributed by atoms with van der Waals surface area (Å²) in [7, 11) is 0. The highest BCUT2D eigenvalue weighted by molar-refractivity contribution is 9.10. The number of rotatable bonds is 12. The molecular weight excluding hydrogens is 510 g/mol. The number of nitrogens with two attached hydrogens (primary N) is 1. The highest BCUT2D eigenvalue weighted by Gasteiger charge is 2.08. The Morgan fingerprint density at radius 1 is 1.12 bits per heavy atom. The van der Waals surface area contributed by atoms with Crippen LogP contribution in [0, 0.1) is 6.92 Å². The molecular formula is C22H24BrN5O4S. The molecule has 3 aromatic rings. The highest BCUT2D eigenvalue weighted by Crippen LogP contribution is 2.22. The van der Waals surface area contributed by atoms with Crippen LogP contribution in [0.5, 0.6) is 11.5 Å². The van der Waals surface area contributed by atoms with E-state index in [1.54, 1.807) is 0 Å². The van der Waals surface area contributed by atoms with E-state index in [4.69, 9.17) is 19.9 Å². The number of carbonyl (C=O) groups excluding carboxylic acids is 1. The third-order valence-corrected chi connectivity index (χ3v) is 5.47. The molecule has 9 nitrogen and oxygen atoms in total. The molecule has 1 aromatic heterocycles. The average molecular weight is 534 g/mol. The first-order valence-electron chi connectivity index (χ1n) is 10.1. The minimum absolute atomic E-state index is 0.0545. The first-order chi connectivity index (χ1) is 16.0. The Hall–Kier alpha value is -3.02. The summed E-state index contributed by atoms with van der Waals surface area (Å²) in [5, 5.41) is 12.3. The molecule has 0 radical (unpaired) electrons. The van der Waals surface area contributed by atoms with Crippen molar-refractivity contribution in [2.24, 2.45) is 5.10 Å². The highest BCUT2D eigenvalue weighted by atomic mass is 79.9. The van der Waals surface area contributed by atoms with Crippen LogP contribution in [-0.4, -0.2) is 48.7 Å². The van der Waals surface area contributed by atoms with Gasteiger partial charge in [0.2, 0.25) is 11.0 Å². The van der Waals surface area contributed by atoms with E-state index >= 15 is 0 Å². The Bertz CT molecular complexity index is 1090. The number of ether oxygens (including phenoxy) is 3. The zero-order valence-electron chi connectivity index (χ0n) is 18.0. The molecule has 0 saturated heterocycles. The summed E-state index contributed by atoms with van der Waals surface area (Å²) in [4.78, 5) is 12.0. The Balaban J connectivity index is 1.40. The molecule has 0 aliphatic heterocycles. The van der Waals surface area contributed by atoms with Crippen molar-refractivity contribution in [2.75, 3.05) is 32.2 Å². The lowest BCUT2D eigenvalue weighted by Crippen LogP contribution is -2.19. The summed E-state index contributed by atoms with van der Waals surface area (Å²) in [6, 6.07) is 13.4. The van der Waals surface area contributed by atoms with Gasteiger partial charge < -0.3 is 19.9 Å². The van der Waals surface area contributed by atoms with Gasteiger partial charge in [-0.3, -0.25) is 4.79 Å². The van der Waals surface area contributed by atoms with E-state index < -0.39 is 0 Å². The number of benzene rings is 2. The minimum Gasteiger partial charge on any atom is -0.491 e. The number of amides is 1. The molecule has 1 amide bonds. The van der Waals surface area contributed by atoms with Crippen LogP contribution in [0.1, 0.15) is 16.1 Å². The number of aryl methyl sites for hydroxylation is 1. The average Bonchev–Trinajstić information content (AvgIpc) is 3.19. The van der Waals surface area contributed by atoms with Gasteiger partial charge >= 0.3 is 0 Å². The standard InChI is InChI=1S/C22H24BrN5O4S/c1-15-4-2-3-5-18(15)31-10-8-30-9-11-32-19-7-6-17(23)12-16(19)14-25-26-20(29)13-21-27-28-22(24)33-21/h2-7,12,14H,8-11,13H2,1H3,(H2,24,28)(H,26,29)/b25-14-. The van der Waals surface area contributed by atoms with Crippen molar-refractivity contribution in [3.63, 3.8) is 0 Å². The second-order valence-corrected chi connectivity index (χ2v) is 8.77. The van der Waals surface area contributed by atoms with Gasteiger partial charge in [0.15, 0.2) is 0 Å². The normalized spacial score (nSPS) is 11.0. The minimum atomic E-state index is -0.318. The Morgan fingerprint density at radius 2 is 1.88 bits per heavy atom. The zero-order chi connectivity index (χ0) is 23.5. The molecule has 174 valence electrons. The van der Waals surface area contributed by atoms with Crippen LogP contribution < -0.4 is 20.6 Å². The fourth-order valence-corrected chi connectivity index (χ4v) is 3.67. The molecule has 2 aromatic carbocycles. The van der Waals surface area contributed by atoms with Crippen LogP contribution in [0.15, 0.2) is 52.0 Å². The predicted molar refractivity (Wildman–Crippen MR) is 131 cm³/mol. The monoisotopic (exact) mass is 533 g/mol. The van der Waals surface area contributed by atoms with Crippen molar-refractivity contribution in [3.05, 3.63) is 63.1 Å². The van der Waals surface area contributed by atoms with E-state index in [1.165, 1.54) is 6.21 Å². The molecule has 3 N–H and O–H groups in total. The second kappa shape index (κ2) is 12.9. The zero-order valence-corrected chi connectivity index (χ0v) is 20.4. The van der Waals surface area contributed by atoms with Gasteiger partial charge in [-0.2, -0.15) is 5.10 Å². The Labute approximate surface area is 204 Å². The van der Waals surface area contributed by atoms with Crippen LogP contribution in [0.3, 0.4) is 0 Å². The van der Waals surface area contributed by atoms with Gasteiger partial charge in [-0.1, -0.05) is 45.5 Å². The number of hydrazone groups is 1. The number of nitrogen functional groups attached to an aromatic ring is 1. The number of nitrogens with zero attached hydrogens (tertiary/aromatic N) is 3. The van der Waals surface area contributed by atoms with Crippen LogP contribution >= 0.6 is 27.3 Å². The van der Waals surface area contributed by atoms with Gasteiger partial charge in [-0.25, -0.2) is 5.43 Å². The van der Waals surface area contributed by atoms with Crippen LogP contribution in [0.25, 0.3) is 0 Å². The number of nitrogens with one attached hydrogen (secondary N) is 1. The molecule has 0 aliphatic carbocycles. The maximum atomic E-state index is 12.0. The summed E-state index contributed by atoms with van der Waals surface area (Å²) in [5.41, 5.74) is 9.77. The fraction of sp³-hybridized carbons (Fsp3) is 0.273. The van der Waals surface area contributed by atoms with Gasteiger partial charge in [-0.05, 0) is 36.8 Å². The molecule has 0 saturated carbocycles. The quantitative estimate of drug-likeness (QED) is 0.208. The maximum absolute atomic E-state index is 12.0. The van der Waals surface area contributed by atoms with Gasteiger partial charge in [0.05, 0.1) is 25.8 Å². The first-order valence-corrected chi connectivity index (χ1v) is 11.7. The predicted octanol–water partition coefficient (Wildman–Crippen LogP) is 3.36. The van der Waals surface area contributed by atoms with Crippen molar-refractivity contribution < 1.29 is 19.0 Å². The molecule has 0 spiro atoms. The van der Waals surface area contributed by atoms with E-state index in [0.29, 0.717) is 47.9 Å². The number of hydrogen-bond acceptors (Lipinski definition) is 9. The number of halogens is 1. The number of anilines is 1. The number of para-hydroxylation sites is 1.